The summed E-state index contributed by atoms with van der Waals surface area (Å²) in [5.41, 5.74) is 7.82. The summed E-state index contributed by atoms with van der Waals surface area (Å²) in [6.45, 7) is 1.01. The standard InChI is InChI=1S/C11H17N3O2/c1-16-5-4-14-11(15)7-8-6-9(12)2-3-10(8)13-14/h7,9H,2-6,12H2,1H3. The fourth-order valence-electron chi connectivity index (χ4n) is 2.00. The van der Waals surface area contributed by atoms with Crippen LogP contribution in [0, 0.1) is 0 Å². The monoisotopic (exact) mass is 223 g/mol. The highest BCUT2D eigenvalue weighted by Crippen LogP contribution is 2.16. The second-order valence-corrected chi connectivity index (χ2v) is 4.17. The number of rotatable bonds is 3. The number of fused-ring (bicyclic) bond motifs is 1. The summed E-state index contributed by atoms with van der Waals surface area (Å²) in [5.74, 6) is 0. The minimum atomic E-state index is -0.0649. The maximum Gasteiger partial charge on any atom is 0.267 e. The van der Waals surface area contributed by atoms with Crippen LogP contribution in [0.15, 0.2) is 10.9 Å². The lowest BCUT2D eigenvalue weighted by Crippen LogP contribution is -2.33. The molecular weight excluding hydrogens is 206 g/mol. The minimum Gasteiger partial charge on any atom is -0.383 e. The van der Waals surface area contributed by atoms with E-state index in [0.29, 0.717) is 13.2 Å². The van der Waals surface area contributed by atoms with Crippen molar-refractivity contribution in [1.82, 2.24) is 9.78 Å². The molecule has 0 spiro atoms. The Balaban J connectivity index is 2.27. The van der Waals surface area contributed by atoms with Gasteiger partial charge >= 0.3 is 0 Å². The first-order chi connectivity index (χ1) is 7.70. The number of hydrogen-bond donors (Lipinski definition) is 1. The predicted molar refractivity (Wildman–Crippen MR) is 60.4 cm³/mol. The van der Waals surface area contributed by atoms with Gasteiger partial charge in [0.15, 0.2) is 0 Å². The molecule has 0 saturated carbocycles. The van der Waals surface area contributed by atoms with E-state index in [2.05, 4.69) is 5.10 Å². The average molecular weight is 223 g/mol. The van der Waals surface area contributed by atoms with E-state index in [0.717, 1.165) is 30.5 Å². The van der Waals surface area contributed by atoms with Crippen LogP contribution in [-0.4, -0.2) is 29.5 Å². The van der Waals surface area contributed by atoms with Crippen molar-refractivity contribution in [2.24, 2.45) is 5.73 Å². The van der Waals surface area contributed by atoms with Gasteiger partial charge in [0, 0.05) is 19.2 Å². The maximum absolute atomic E-state index is 11.7. The summed E-state index contributed by atoms with van der Waals surface area (Å²) in [6.07, 6.45) is 2.58. The lowest BCUT2D eigenvalue weighted by molar-refractivity contribution is 0.181. The quantitative estimate of drug-likeness (QED) is 0.764. The molecule has 0 radical (unpaired) electrons. The average Bonchev–Trinajstić information content (AvgIpc) is 2.26. The number of methoxy groups -OCH3 is 1. The number of nitrogens with zero attached hydrogens (tertiary/aromatic N) is 2. The highest BCUT2D eigenvalue weighted by atomic mass is 16.5. The molecule has 0 amide bonds. The summed E-state index contributed by atoms with van der Waals surface area (Å²) in [6, 6.07) is 1.83. The highest BCUT2D eigenvalue weighted by Gasteiger charge is 2.18. The molecule has 1 atom stereocenters. The molecule has 0 aromatic carbocycles. The van der Waals surface area contributed by atoms with Gasteiger partial charge in [0.05, 0.1) is 18.8 Å². The van der Waals surface area contributed by atoms with E-state index in [1.165, 1.54) is 4.68 Å². The van der Waals surface area contributed by atoms with Crippen LogP contribution in [0.2, 0.25) is 0 Å². The lowest BCUT2D eigenvalue weighted by atomic mass is 9.93. The van der Waals surface area contributed by atoms with Gasteiger partial charge in [0.1, 0.15) is 0 Å². The molecule has 5 nitrogen and oxygen atoms in total. The van der Waals surface area contributed by atoms with Gasteiger partial charge in [0.25, 0.3) is 5.56 Å². The van der Waals surface area contributed by atoms with Crippen LogP contribution in [-0.2, 0) is 24.1 Å². The van der Waals surface area contributed by atoms with E-state index in [1.54, 1.807) is 13.2 Å². The number of aromatic nitrogens is 2. The third-order valence-corrected chi connectivity index (χ3v) is 2.91. The van der Waals surface area contributed by atoms with Crippen molar-refractivity contribution in [3.05, 3.63) is 27.7 Å². The van der Waals surface area contributed by atoms with E-state index in [1.807, 2.05) is 0 Å². The molecule has 2 rings (SSSR count). The molecule has 16 heavy (non-hydrogen) atoms. The third kappa shape index (κ3) is 2.31. The first-order valence-corrected chi connectivity index (χ1v) is 5.55. The fraction of sp³-hybridized carbons (Fsp3) is 0.636. The van der Waals surface area contributed by atoms with Gasteiger partial charge in [-0.2, -0.15) is 5.10 Å². The molecule has 0 aliphatic heterocycles. The molecule has 0 saturated heterocycles. The Morgan fingerprint density at radius 2 is 2.50 bits per heavy atom. The Morgan fingerprint density at radius 3 is 3.25 bits per heavy atom. The van der Waals surface area contributed by atoms with Crippen molar-refractivity contribution in [2.75, 3.05) is 13.7 Å². The Kier molecular flexibility index (Phi) is 3.36. The van der Waals surface area contributed by atoms with Gasteiger partial charge in [-0.3, -0.25) is 4.79 Å². The summed E-state index contributed by atoms with van der Waals surface area (Å²) >= 11 is 0. The zero-order valence-electron chi connectivity index (χ0n) is 9.48. The van der Waals surface area contributed by atoms with Crippen LogP contribution in [0.3, 0.4) is 0 Å². The van der Waals surface area contributed by atoms with Crippen molar-refractivity contribution in [3.63, 3.8) is 0 Å². The molecule has 1 aliphatic carbocycles. The molecule has 1 aromatic rings. The molecule has 0 fully saturated rings. The van der Waals surface area contributed by atoms with Crippen molar-refractivity contribution in [1.29, 1.82) is 0 Å². The number of aryl methyl sites for hydroxylation is 1. The van der Waals surface area contributed by atoms with Crippen LogP contribution in [0.1, 0.15) is 17.7 Å². The summed E-state index contributed by atoms with van der Waals surface area (Å²) < 4.78 is 6.41. The summed E-state index contributed by atoms with van der Waals surface area (Å²) in [4.78, 5) is 11.7. The molecule has 1 unspecified atom stereocenters. The van der Waals surface area contributed by atoms with Crippen LogP contribution in [0.5, 0.6) is 0 Å². The van der Waals surface area contributed by atoms with Crippen LogP contribution in [0.25, 0.3) is 0 Å². The second-order valence-electron chi connectivity index (χ2n) is 4.17. The first kappa shape index (κ1) is 11.3. The van der Waals surface area contributed by atoms with Crippen molar-refractivity contribution in [3.8, 4) is 0 Å². The van der Waals surface area contributed by atoms with E-state index in [9.17, 15) is 4.79 Å². The zero-order chi connectivity index (χ0) is 11.5. The van der Waals surface area contributed by atoms with Crippen molar-refractivity contribution in [2.45, 2.75) is 31.8 Å². The van der Waals surface area contributed by atoms with Gasteiger partial charge in [-0.25, -0.2) is 4.68 Å². The molecular formula is C11H17N3O2. The van der Waals surface area contributed by atoms with Gasteiger partial charge in [-0.1, -0.05) is 0 Å². The van der Waals surface area contributed by atoms with E-state index in [4.69, 9.17) is 10.5 Å². The predicted octanol–water partition coefficient (Wildman–Crippen LogP) is -0.294. The Bertz CT molecular complexity index is 428. The molecule has 1 aliphatic rings. The third-order valence-electron chi connectivity index (χ3n) is 2.91. The summed E-state index contributed by atoms with van der Waals surface area (Å²) in [7, 11) is 1.61. The minimum absolute atomic E-state index is 0.0649. The first-order valence-electron chi connectivity index (χ1n) is 5.55. The maximum atomic E-state index is 11.7. The number of hydrogen-bond acceptors (Lipinski definition) is 4. The zero-order valence-corrected chi connectivity index (χ0v) is 9.48. The molecule has 1 heterocycles. The van der Waals surface area contributed by atoms with E-state index >= 15 is 0 Å². The van der Waals surface area contributed by atoms with Gasteiger partial charge in [-0.15, -0.1) is 0 Å². The van der Waals surface area contributed by atoms with Crippen LogP contribution < -0.4 is 11.3 Å². The normalized spacial score (nSPS) is 19.5. The van der Waals surface area contributed by atoms with Gasteiger partial charge < -0.3 is 10.5 Å². The molecule has 5 heteroatoms. The number of ether oxygens (including phenoxy) is 1. The smallest absolute Gasteiger partial charge is 0.267 e. The largest absolute Gasteiger partial charge is 0.383 e. The van der Waals surface area contributed by atoms with Gasteiger partial charge in [0.2, 0.25) is 0 Å². The summed E-state index contributed by atoms with van der Waals surface area (Å²) in [5, 5.41) is 4.35. The van der Waals surface area contributed by atoms with Crippen molar-refractivity contribution < 1.29 is 4.74 Å². The molecule has 0 bridgehead atoms. The molecule has 2 N–H and O–H groups in total. The van der Waals surface area contributed by atoms with Gasteiger partial charge in [-0.05, 0) is 24.8 Å². The highest BCUT2D eigenvalue weighted by molar-refractivity contribution is 5.22. The Morgan fingerprint density at radius 1 is 1.69 bits per heavy atom. The molecule has 88 valence electrons. The lowest BCUT2D eigenvalue weighted by Gasteiger charge is -2.20. The molecule has 1 aromatic heterocycles. The number of nitrogens with two attached hydrogens (primary N) is 1. The second kappa shape index (κ2) is 4.76. The van der Waals surface area contributed by atoms with Crippen LogP contribution in [0.4, 0.5) is 0 Å². The Hall–Kier alpha value is -1.20. The van der Waals surface area contributed by atoms with E-state index < -0.39 is 0 Å². The topological polar surface area (TPSA) is 70.1 Å². The van der Waals surface area contributed by atoms with Crippen molar-refractivity contribution >= 4 is 0 Å². The van der Waals surface area contributed by atoms with Crippen LogP contribution >= 0.6 is 0 Å². The fourth-order valence-corrected chi connectivity index (χ4v) is 2.00. The SMILES string of the molecule is COCCn1nc2c(cc1=O)CC(N)CC2. The van der Waals surface area contributed by atoms with E-state index in [-0.39, 0.29) is 11.6 Å². The Labute approximate surface area is 94.2 Å².